The van der Waals surface area contributed by atoms with E-state index in [-0.39, 0.29) is 23.7 Å². The molecular formula is C17H15N3O7. The molecule has 0 aliphatic carbocycles. The summed E-state index contributed by atoms with van der Waals surface area (Å²) in [6.45, 7) is 0.00550. The molecule has 10 heteroatoms. The van der Waals surface area contributed by atoms with Crippen molar-refractivity contribution in [3.8, 4) is 23.0 Å². The van der Waals surface area contributed by atoms with E-state index < -0.39 is 22.6 Å². The molecule has 10 nitrogen and oxygen atoms in total. The van der Waals surface area contributed by atoms with Gasteiger partial charge in [-0.1, -0.05) is 12.1 Å². The van der Waals surface area contributed by atoms with Crippen LogP contribution in [0, 0.1) is 10.1 Å². The number of nitrogens with zero attached hydrogens (tertiary/aromatic N) is 2. The van der Waals surface area contributed by atoms with E-state index in [1.54, 1.807) is 24.3 Å². The Morgan fingerprint density at radius 2 is 2.11 bits per heavy atom. The van der Waals surface area contributed by atoms with Gasteiger partial charge in [0.15, 0.2) is 17.2 Å². The predicted octanol–water partition coefficient (Wildman–Crippen LogP) is 1.60. The molecule has 2 N–H and O–H groups in total. The SMILES string of the molecule is COc1c(O)ccc(/C=N/NC(=O)[C@H]2COc3ccccc3O2)c1[N+](=O)[O-]. The summed E-state index contributed by atoms with van der Waals surface area (Å²) in [6, 6.07) is 9.43. The number of para-hydroxylation sites is 2. The first-order chi connectivity index (χ1) is 13.0. The fourth-order valence-corrected chi connectivity index (χ4v) is 2.46. The van der Waals surface area contributed by atoms with Gasteiger partial charge in [-0.05, 0) is 24.3 Å². The Morgan fingerprint density at radius 3 is 2.81 bits per heavy atom. The summed E-state index contributed by atoms with van der Waals surface area (Å²) in [5.74, 6) is -0.273. The van der Waals surface area contributed by atoms with Crippen LogP contribution in [0.1, 0.15) is 5.56 Å². The van der Waals surface area contributed by atoms with Crippen LogP contribution in [0.3, 0.4) is 0 Å². The Balaban J connectivity index is 1.71. The lowest BCUT2D eigenvalue weighted by atomic mass is 10.1. The second kappa shape index (κ2) is 7.60. The lowest BCUT2D eigenvalue weighted by Gasteiger charge is -2.24. The molecule has 1 atom stereocenters. The van der Waals surface area contributed by atoms with Gasteiger partial charge in [-0.15, -0.1) is 0 Å². The molecule has 0 unspecified atom stereocenters. The van der Waals surface area contributed by atoms with Crippen molar-refractivity contribution in [2.75, 3.05) is 13.7 Å². The second-order valence-electron chi connectivity index (χ2n) is 5.41. The number of carbonyl (C=O) groups is 1. The molecule has 140 valence electrons. The van der Waals surface area contributed by atoms with Crippen molar-refractivity contribution in [1.29, 1.82) is 0 Å². The molecule has 1 amide bonds. The number of benzene rings is 2. The van der Waals surface area contributed by atoms with E-state index in [1.165, 1.54) is 19.2 Å². The molecule has 0 fully saturated rings. The molecule has 2 aromatic rings. The average molecular weight is 373 g/mol. The van der Waals surface area contributed by atoms with Crippen LogP contribution in [-0.4, -0.2) is 42.0 Å². The van der Waals surface area contributed by atoms with Crippen molar-refractivity contribution in [2.24, 2.45) is 5.10 Å². The molecule has 1 aliphatic heterocycles. The molecule has 1 aliphatic rings. The molecule has 0 radical (unpaired) electrons. The summed E-state index contributed by atoms with van der Waals surface area (Å²) in [5, 5.41) is 24.6. The van der Waals surface area contributed by atoms with E-state index in [1.807, 2.05) is 0 Å². The monoisotopic (exact) mass is 373 g/mol. The number of nitrogens with one attached hydrogen (secondary N) is 1. The summed E-state index contributed by atoms with van der Waals surface area (Å²) in [7, 11) is 1.20. The Labute approximate surface area is 153 Å². The van der Waals surface area contributed by atoms with E-state index in [4.69, 9.17) is 14.2 Å². The maximum Gasteiger partial charge on any atom is 0.323 e. The highest BCUT2D eigenvalue weighted by molar-refractivity contribution is 5.90. The quantitative estimate of drug-likeness (QED) is 0.462. The third-order valence-corrected chi connectivity index (χ3v) is 3.71. The van der Waals surface area contributed by atoms with Crippen LogP contribution < -0.4 is 19.6 Å². The van der Waals surface area contributed by atoms with Gasteiger partial charge in [-0.25, -0.2) is 5.43 Å². The van der Waals surface area contributed by atoms with Gasteiger partial charge in [-0.3, -0.25) is 14.9 Å². The number of ether oxygens (including phenoxy) is 3. The number of hydrogen-bond acceptors (Lipinski definition) is 8. The molecule has 0 saturated heterocycles. The maximum atomic E-state index is 12.2. The molecule has 0 saturated carbocycles. The molecule has 0 bridgehead atoms. The summed E-state index contributed by atoms with van der Waals surface area (Å²) in [6.07, 6.45) is 0.164. The van der Waals surface area contributed by atoms with Crippen LogP contribution in [0.4, 0.5) is 5.69 Å². The first kappa shape index (κ1) is 18.0. The number of carbonyl (C=O) groups excluding carboxylic acids is 1. The van der Waals surface area contributed by atoms with Gasteiger partial charge < -0.3 is 19.3 Å². The van der Waals surface area contributed by atoms with Crippen molar-refractivity contribution in [3.05, 3.63) is 52.1 Å². The molecule has 1 heterocycles. The molecular weight excluding hydrogens is 358 g/mol. The number of nitro groups is 1. The minimum Gasteiger partial charge on any atom is -0.504 e. The number of phenols is 1. The topological polar surface area (TPSA) is 133 Å². The van der Waals surface area contributed by atoms with Crippen LogP contribution in [0.5, 0.6) is 23.0 Å². The summed E-state index contributed by atoms with van der Waals surface area (Å²) in [5.41, 5.74) is 1.82. The van der Waals surface area contributed by atoms with Crippen molar-refractivity contribution in [3.63, 3.8) is 0 Å². The number of hydrogen-bond donors (Lipinski definition) is 2. The number of rotatable bonds is 5. The second-order valence-corrected chi connectivity index (χ2v) is 5.41. The molecule has 27 heavy (non-hydrogen) atoms. The lowest BCUT2D eigenvalue weighted by molar-refractivity contribution is -0.386. The van der Waals surface area contributed by atoms with E-state index in [0.717, 1.165) is 6.21 Å². The maximum absolute atomic E-state index is 12.2. The first-order valence-corrected chi connectivity index (χ1v) is 7.77. The third kappa shape index (κ3) is 3.73. The fraction of sp³-hybridized carbons (Fsp3) is 0.176. The van der Waals surface area contributed by atoms with Gasteiger partial charge in [-0.2, -0.15) is 5.10 Å². The number of fused-ring (bicyclic) bond motifs is 1. The van der Waals surface area contributed by atoms with Gasteiger partial charge in [0.05, 0.1) is 23.8 Å². The smallest absolute Gasteiger partial charge is 0.323 e. The van der Waals surface area contributed by atoms with Crippen molar-refractivity contribution in [2.45, 2.75) is 6.10 Å². The van der Waals surface area contributed by atoms with Crippen LogP contribution >= 0.6 is 0 Å². The summed E-state index contributed by atoms with van der Waals surface area (Å²) in [4.78, 5) is 22.7. The zero-order chi connectivity index (χ0) is 19.4. The summed E-state index contributed by atoms with van der Waals surface area (Å²) < 4.78 is 15.8. The molecule has 2 aromatic carbocycles. The number of aromatic hydroxyl groups is 1. The summed E-state index contributed by atoms with van der Waals surface area (Å²) >= 11 is 0. The Hall–Kier alpha value is -3.82. The third-order valence-electron chi connectivity index (χ3n) is 3.71. The Bertz CT molecular complexity index is 913. The number of hydrazone groups is 1. The Kier molecular flexibility index (Phi) is 5.06. The lowest BCUT2D eigenvalue weighted by Crippen LogP contribution is -2.42. The van der Waals surface area contributed by atoms with Gasteiger partial charge in [0.2, 0.25) is 11.9 Å². The number of nitro benzene ring substituents is 1. The van der Waals surface area contributed by atoms with E-state index in [0.29, 0.717) is 11.5 Å². The largest absolute Gasteiger partial charge is 0.504 e. The van der Waals surface area contributed by atoms with E-state index in [9.17, 15) is 20.0 Å². The molecule has 3 rings (SSSR count). The first-order valence-electron chi connectivity index (χ1n) is 7.77. The zero-order valence-electron chi connectivity index (χ0n) is 14.1. The van der Waals surface area contributed by atoms with E-state index in [2.05, 4.69) is 10.5 Å². The molecule has 0 aromatic heterocycles. The van der Waals surface area contributed by atoms with Gasteiger partial charge in [0.25, 0.3) is 5.91 Å². The minimum absolute atomic E-state index is 0.00550. The minimum atomic E-state index is -0.915. The van der Waals surface area contributed by atoms with Gasteiger partial charge in [0.1, 0.15) is 6.61 Å². The zero-order valence-corrected chi connectivity index (χ0v) is 14.1. The highest BCUT2D eigenvalue weighted by Crippen LogP contribution is 2.38. The number of phenolic OH excluding ortho intramolecular Hbond substituents is 1. The predicted molar refractivity (Wildman–Crippen MR) is 93.4 cm³/mol. The number of amides is 1. The Morgan fingerprint density at radius 1 is 1.37 bits per heavy atom. The van der Waals surface area contributed by atoms with Crippen LogP contribution in [-0.2, 0) is 4.79 Å². The average Bonchev–Trinajstić information content (AvgIpc) is 2.68. The number of methoxy groups -OCH3 is 1. The fourth-order valence-electron chi connectivity index (χ4n) is 2.46. The highest BCUT2D eigenvalue weighted by Gasteiger charge is 2.27. The van der Waals surface area contributed by atoms with Crippen LogP contribution in [0.25, 0.3) is 0 Å². The molecule has 0 spiro atoms. The van der Waals surface area contributed by atoms with Crippen LogP contribution in [0.2, 0.25) is 0 Å². The van der Waals surface area contributed by atoms with Gasteiger partial charge in [0, 0.05) is 0 Å². The van der Waals surface area contributed by atoms with Crippen molar-refractivity contribution < 1.29 is 29.0 Å². The normalized spacial score (nSPS) is 15.4. The van der Waals surface area contributed by atoms with Crippen molar-refractivity contribution >= 4 is 17.8 Å². The van der Waals surface area contributed by atoms with Gasteiger partial charge >= 0.3 is 5.69 Å². The van der Waals surface area contributed by atoms with Crippen molar-refractivity contribution in [1.82, 2.24) is 5.43 Å². The van der Waals surface area contributed by atoms with E-state index >= 15 is 0 Å². The standard InChI is InChI=1S/C17H15N3O7/c1-25-16-11(21)7-6-10(15(16)20(23)24)8-18-19-17(22)14-9-26-12-4-2-3-5-13(12)27-14/h2-8,14,21H,9H2,1H3,(H,19,22)/b18-8+/t14-/m1/s1. The van der Waals surface area contributed by atoms with Crippen LogP contribution in [0.15, 0.2) is 41.5 Å². The highest BCUT2D eigenvalue weighted by atomic mass is 16.6.